The molecule has 0 fully saturated rings. The van der Waals surface area contributed by atoms with Crippen molar-refractivity contribution in [3.05, 3.63) is 139 Å². The number of alkyl halides is 18. The quantitative estimate of drug-likeness (QED) is 0.0303. The topological polar surface area (TPSA) is 519 Å². The lowest BCUT2D eigenvalue weighted by Gasteiger charge is -2.13. The number of halogens is 19. The summed E-state index contributed by atoms with van der Waals surface area (Å²) in [4.78, 5) is 93.2. The van der Waals surface area contributed by atoms with Crippen molar-refractivity contribution in [2.24, 2.45) is 35.2 Å². The average molecular weight is 1660 g/mol. The fourth-order valence-corrected chi connectivity index (χ4v) is 8.92. The summed E-state index contributed by atoms with van der Waals surface area (Å²) < 4.78 is 224. The number of rotatable bonds is 8. The van der Waals surface area contributed by atoms with Crippen LogP contribution in [-0.2, 0) is 70.9 Å². The second-order valence-corrected chi connectivity index (χ2v) is 20.9. The van der Waals surface area contributed by atoms with E-state index in [2.05, 4.69) is 65.8 Å². The summed E-state index contributed by atoms with van der Waals surface area (Å²) in [6, 6.07) is 5.41. The standard InChI is InChI=1S/C9H8F3N5O2.C9H10F3N5.C8H4ClF3N4O2.C8H7F3N4O3.C8H5F3N4O2.C6H8N4O2.C2HF3O2.4CH4/c1-13-6-5(17(18)19)3-4-7(15-6)16(2)8(14-4)9(10,11)12;1-14-6-4(13)3-5-7(16-6)17(2)8(15-5)9(10,11)12;1-15-6-3(13-7(15)8(10,11)12)2-4(16(17)18)5(9)14-6;1-13-6-5(12-7(13)8(9,10)11)2-4(15(17)18)3-14(6)16;1-14-6-5(13-7(14)8(9,10)11)2-4(3-12-6)15(16)17;1-8-6-5(7)2-4(3-9-6)10(11)12;3-2(4,5)1(6)7;;;;/h3H,1-2H3,(H,13,15);3H,13H2,1-2H3,(H,14,16);2H,1H3;2,16H,3H2,1H3;2-3H,1H3;2-3H,7H2,1H3,(H,8,9);(H,6,7);4*1H4/p+1. The van der Waals surface area contributed by atoms with E-state index in [0.717, 1.165) is 78.6 Å². The van der Waals surface area contributed by atoms with Crippen molar-refractivity contribution in [2.75, 3.05) is 55.1 Å². The molecule has 1 aliphatic rings. The molecule has 11 heterocycles. The Hall–Kier alpha value is -13.0. The number of hydrogen-bond acceptors (Lipinski definition) is 27. The number of pyridine rings is 5. The molecule has 0 bridgehead atoms. The lowest BCUT2D eigenvalue weighted by atomic mass is 10.2. The van der Waals surface area contributed by atoms with Gasteiger partial charge in [0, 0.05) is 80.6 Å². The lowest BCUT2D eigenvalue weighted by Crippen LogP contribution is -3.06. The molecule has 616 valence electrons. The number of nitrogen functional groups attached to an aromatic ring is 2. The molecule has 1 atom stereocenters. The zero-order valence-electron chi connectivity index (χ0n) is 54.5. The van der Waals surface area contributed by atoms with Gasteiger partial charge in [-0.15, -0.1) is 5.06 Å². The third-order valence-corrected chi connectivity index (χ3v) is 13.7. The minimum atomic E-state index is -5.08. The second kappa shape index (κ2) is 36.5. The largest absolute Gasteiger partial charge is 0.490 e. The number of nitro groups is 5. The number of carboxylic acids is 1. The van der Waals surface area contributed by atoms with Gasteiger partial charge in [0.15, 0.2) is 34.1 Å². The molecule has 11 rings (SSSR count). The Bertz CT molecular complexity index is 5150. The summed E-state index contributed by atoms with van der Waals surface area (Å²) in [6.45, 7) is -0.420. The maximum Gasteiger partial charge on any atom is 0.490 e. The number of carbonyl (C=O) groups is 1. The Balaban J connectivity index is 0.000000658. The van der Waals surface area contributed by atoms with Crippen molar-refractivity contribution < 1.29 is 124 Å². The van der Waals surface area contributed by atoms with Crippen LogP contribution in [0.25, 0.3) is 50.7 Å². The SMILES string of the molecule is C.C.C.C.CNc1nc2c(cc1N)nc(C(F)(F)F)n2C.CNc1nc2c(cc1[N+](=O)[O-])nc(C(F)(F)F)n2C.CNc1ncc([N+](=O)[O-])cc1N.Cn1c(C(F)(F)F)nc2c1[NH+](O)CC([N+](=O)[O-])=C2.Cn1c(C(F)(F)F)nc2cc([N+](=O)[O-])c(Cl)nc21.Cn1c(C(F)(F)F)nc2cc([N+](=O)[O-])cnc21.O=C(O)C(F)(F)F. The zero-order chi connectivity index (χ0) is 82.5. The monoisotopic (exact) mass is 1660 g/mol. The number of carboxylic acid groups (broad SMARTS) is 1. The number of hydroxylamine groups is 1. The second-order valence-electron chi connectivity index (χ2n) is 20.6. The van der Waals surface area contributed by atoms with E-state index in [4.69, 9.17) is 33.0 Å². The number of nitrogens with two attached hydrogens (primary N) is 2. The molecular formula is C54H60ClF18N26O13+. The first-order chi connectivity index (χ1) is 49.4. The highest BCUT2D eigenvalue weighted by atomic mass is 35.5. The summed E-state index contributed by atoms with van der Waals surface area (Å²) in [5, 5.41) is 76.2. The van der Waals surface area contributed by atoms with E-state index in [1.54, 1.807) is 14.1 Å². The summed E-state index contributed by atoms with van der Waals surface area (Å²) >= 11 is 5.52. The first-order valence-corrected chi connectivity index (χ1v) is 28.2. The molecule has 112 heavy (non-hydrogen) atoms. The van der Waals surface area contributed by atoms with Gasteiger partial charge in [-0.05, 0) is 6.07 Å². The predicted octanol–water partition coefficient (Wildman–Crippen LogP) is 11.8. The molecule has 0 saturated carbocycles. The molecule has 0 saturated heterocycles. The number of fused-ring (bicyclic) bond motifs is 5. The number of aliphatic carboxylic acids is 1. The van der Waals surface area contributed by atoms with Gasteiger partial charge in [-0.1, -0.05) is 41.3 Å². The van der Waals surface area contributed by atoms with Gasteiger partial charge in [-0.2, -0.15) is 79.0 Å². The molecular weight excluding hydrogens is 1600 g/mol. The van der Waals surface area contributed by atoms with E-state index in [9.17, 15) is 135 Å². The number of hydrogen-bond donors (Lipinski definition) is 8. The first-order valence-electron chi connectivity index (χ1n) is 27.8. The highest BCUT2D eigenvalue weighted by Gasteiger charge is 2.45. The molecule has 10 N–H and O–H groups in total. The molecule has 58 heteroatoms. The van der Waals surface area contributed by atoms with Crippen LogP contribution in [0.15, 0.2) is 48.4 Å². The molecule has 39 nitrogen and oxygen atoms in total. The summed E-state index contributed by atoms with van der Waals surface area (Å²) in [5.41, 5.74) is 8.79. The van der Waals surface area contributed by atoms with Crippen LogP contribution in [0.2, 0.25) is 5.15 Å². The van der Waals surface area contributed by atoms with Crippen LogP contribution in [0.4, 0.5) is 136 Å². The number of nitrogens with one attached hydrogen (secondary N) is 4. The van der Waals surface area contributed by atoms with E-state index in [0.29, 0.717) is 20.8 Å². The minimum Gasteiger partial charge on any atom is -0.475 e. The maximum atomic E-state index is 12.7. The van der Waals surface area contributed by atoms with Crippen LogP contribution in [-0.4, -0.2) is 147 Å². The Kier molecular flexibility index (Phi) is 31.6. The normalized spacial score (nSPS) is 12.4. The van der Waals surface area contributed by atoms with Crippen molar-refractivity contribution in [3.63, 3.8) is 0 Å². The van der Waals surface area contributed by atoms with E-state index in [-0.39, 0.29) is 109 Å². The van der Waals surface area contributed by atoms with Gasteiger partial charge < -0.3 is 50.8 Å². The van der Waals surface area contributed by atoms with Crippen molar-refractivity contribution in [2.45, 2.75) is 66.8 Å². The highest BCUT2D eigenvalue weighted by Crippen LogP contribution is 2.38. The number of aromatic nitrogens is 15. The Morgan fingerprint density at radius 2 is 0.795 bits per heavy atom. The lowest BCUT2D eigenvalue weighted by molar-refractivity contribution is -1.04. The summed E-state index contributed by atoms with van der Waals surface area (Å²) in [7, 11) is 10.4. The van der Waals surface area contributed by atoms with Crippen LogP contribution < -0.4 is 32.5 Å². The molecule has 0 radical (unpaired) electrons. The van der Waals surface area contributed by atoms with E-state index in [1.165, 1.54) is 26.2 Å². The fourth-order valence-electron chi connectivity index (χ4n) is 8.71. The number of anilines is 5. The van der Waals surface area contributed by atoms with Crippen LogP contribution in [0.3, 0.4) is 0 Å². The molecule has 0 spiro atoms. The highest BCUT2D eigenvalue weighted by molar-refractivity contribution is 6.31. The number of nitrogens with zero attached hydrogens (tertiary/aromatic N) is 20. The predicted molar refractivity (Wildman–Crippen MR) is 358 cm³/mol. The molecule has 1 unspecified atom stereocenters. The van der Waals surface area contributed by atoms with Crippen LogP contribution >= 0.6 is 11.6 Å². The first kappa shape index (κ1) is 97.0. The van der Waals surface area contributed by atoms with Gasteiger partial charge in [0.25, 0.3) is 17.2 Å². The number of imidazole rings is 5. The Morgan fingerprint density at radius 3 is 1.15 bits per heavy atom. The molecule has 0 aliphatic carbocycles. The zero-order valence-corrected chi connectivity index (χ0v) is 55.2. The van der Waals surface area contributed by atoms with Gasteiger partial charge in [-0.25, -0.2) is 59.8 Å². The third kappa shape index (κ3) is 22.6. The van der Waals surface area contributed by atoms with Crippen LogP contribution in [0.1, 0.15) is 64.5 Å². The smallest absolute Gasteiger partial charge is 0.475 e. The number of aryl methyl sites for hydroxylation is 4. The van der Waals surface area contributed by atoms with Crippen LogP contribution in [0, 0.1) is 50.6 Å². The van der Waals surface area contributed by atoms with Gasteiger partial charge in [-0.3, -0.25) is 55.1 Å². The molecule has 0 aromatic carbocycles. The van der Waals surface area contributed by atoms with Gasteiger partial charge in [0.05, 0.1) is 42.1 Å². The van der Waals surface area contributed by atoms with Crippen molar-refractivity contribution in [1.82, 2.24) is 72.7 Å². The molecule has 10 aromatic heterocycles. The Morgan fingerprint density at radius 1 is 0.464 bits per heavy atom. The molecule has 10 aromatic rings. The minimum absolute atomic E-state index is 0. The van der Waals surface area contributed by atoms with Crippen LogP contribution in [0.5, 0.6) is 0 Å². The van der Waals surface area contributed by atoms with Gasteiger partial charge in [0.2, 0.25) is 46.6 Å². The van der Waals surface area contributed by atoms with Gasteiger partial charge in [0.1, 0.15) is 40.3 Å². The fraction of sp³-hybridized carbons (Fsp3) is 0.352. The third-order valence-electron chi connectivity index (χ3n) is 13.4. The van der Waals surface area contributed by atoms with Gasteiger partial charge >= 0.3 is 60.1 Å². The maximum absolute atomic E-state index is 12.7. The summed E-state index contributed by atoms with van der Waals surface area (Å²) in [6.07, 6.45) is -25.2. The van der Waals surface area contributed by atoms with E-state index >= 15 is 0 Å². The molecule has 1 aliphatic heterocycles. The van der Waals surface area contributed by atoms with E-state index in [1.807, 2.05) is 0 Å². The molecule has 0 amide bonds. The Labute approximate surface area is 616 Å². The van der Waals surface area contributed by atoms with Crippen molar-refractivity contribution in [3.8, 4) is 0 Å². The van der Waals surface area contributed by atoms with Crippen molar-refractivity contribution >= 4 is 126 Å². The van der Waals surface area contributed by atoms with E-state index < -0.39 is 136 Å². The number of quaternary nitrogens is 1. The average Bonchev–Trinajstić information content (AvgIpc) is 1.64. The van der Waals surface area contributed by atoms with Crippen molar-refractivity contribution in [1.29, 1.82) is 0 Å². The summed E-state index contributed by atoms with van der Waals surface area (Å²) in [5.74, 6) is -7.93.